The van der Waals surface area contributed by atoms with Crippen molar-refractivity contribution in [3.63, 3.8) is 0 Å². The van der Waals surface area contributed by atoms with Crippen LogP contribution in [0.4, 0.5) is 0 Å². The van der Waals surface area contributed by atoms with Crippen molar-refractivity contribution in [2.45, 2.75) is 17.9 Å². The SMILES string of the molecule is CCOC(=O)c1ccc(S(=O)(=O)NCC(c2ccsc2)N(C)C)cc1. The summed E-state index contributed by atoms with van der Waals surface area (Å²) in [6, 6.07) is 7.65. The van der Waals surface area contributed by atoms with Crippen LogP contribution in [-0.2, 0) is 14.8 Å². The number of nitrogens with zero attached hydrogens (tertiary/aromatic N) is 1. The molecule has 1 heterocycles. The fraction of sp³-hybridized carbons (Fsp3) is 0.353. The summed E-state index contributed by atoms with van der Waals surface area (Å²) in [5, 5.41) is 3.97. The predicted octanol–water partition coefficient (Wildman–Crippen LogP) is 2.51. The molecule has 0 saturated heterocycles. The second-order valence-corrected chi connectivity index (χ2v) is 8.18. The molecule has 0 spiro atoms. The van der Waals surface area contributed by atoms with E-state index < -0.39 is 16.0 Å². The highest BCUT2D eigenvalue weighted by atomic mass is 32.2. The van der Waals surface area contributed by atoms with Crippen LogP contribution in [0.15, 0.2) is 46.0 Å². The fourth-order valence-electron chi connectivity index (χ4n) is 2.32. The molecule has 0 fully saturated rings. The van der Waals surface area contributed by atoms with Gasteiger partial charge in [0.25, 0.3) is 0 Å². The van der Waals surface area contributed by atoms with Crippen molar-refractivity contribution in [1.82, 2.24) is 9.62 Å². The van der Waals surface area contributed by atoms with Crippen LogP contribution in [0, 0.1) is 0 Å². The van der Waals surface area contributed by atoms with Crippen LogP contribution in [0.5, 0.6) is 0 Å². The molecule has 1 aromatic carbocycles. The van der Waals surface area contributed by atoms with Gasteiger partial charge in [-0.3, -0.25) is 0 Å². The van der Waals surface area contributed by atoms with Crippen molar-refractivity contribution in [1.29, 1.82) is 0 Å². The lowest BCUT2D eigenvalue weighted by Crippen LogP contribution is -2.34. The van der Waals surface area contributed by atoms with Crippen LogP contribution in [0.3, 0.4) is 0 Å². The molecular weight excluding hydrogens is 360 g/mol. The van der Waals surface area contributed by atoms with Crippen molar-refractivity contribution < 1.29 is 17.9 Å². The van der Waals surface area contributed by atoms with Crippen LogP contribution in [0.25, 0.3) is 0 Å². The van der Waals surface area contributed by atoms with E-state index in [9.17, 15) is 13.2 Å². The molecule has 6 nitrogen and oxygen atoms in total. The molecule has 8 heteroatoms. The average molecular weight is 383 g/mol. The van der Waals surface area contributed by atoms with E-state index in [4.69, 9.17) is 4.74 Å². The Balaban J connectivity index is 2.09. The van der Waals surface area contributed by atoms with Gasteiger partial charge in [-0.2, -0.15) is 11.3 Å². The third-order valence-electron chi connectivity index (χ3n) is 3.69. The van der Waals surface area contributed by atoms with Crippen LogP contribution in [-0.4, -0.2) is 46.5 Å². The number of benzene rings is 1. The molecule has 1 aromatic heterocycles. The summed E-state index contributed by atoms with van der Waals surface area (Å²) in [7, 11) is 0.155. The second kappa shape index (κ2) is 8.57. The Morgan fingerprint density at radius 2 is 1.92 bits per heavy atom. The number of nitrogens with one attached hydrogen (secondary N) is 1. The van der Waals surface area contributed by atoms with Crippen molar-refractivity contribution in [3.8, 4) is 0 Å². The number of carbonyl (C=O) groups excluding carboxylic acids is 1. The molecule has 0 saturated carbocycles. The average Bonchev–Trinajstić information content (AvgIpc) is 3.09. The van der Waals surface area contributed by atoms with Crippen LogP contribution >= 0.6 is 11.3 Å². The molecule has 2 aromatic rings. The standard InChI is InChI=1S/C17H22N2O4S2/c1-4-23-17(20)13-5-7-15(8-6-13)25(21,22)18-11-16(19(2)3)14-9-10-24-12-14/h5-10,12,16,18H,4,11H2,1-3H3. The first-order chi connectivity index (χ1) is 11.8. The van der Waals surface area contributed by atoms with Gasteiger partial charge in [0.05, 0.1) is 17.1 Å². The number of thiophene rings is 1. The summed E-state index contributed by atoms with van der Waals surface area (Å²) in [6.07, 6.45) is 0. The van der Waals surface area contributed by atoms with Crippen molar-refractivity contribution in [2.75, 3.05) is 27.2 Å². The van der Waals surface area contributed by atoms with E-state index in [0.29, 0.717) is 5.56 Å². The highest BCUT2D eigenvalue weighted by molar-refractivity contribution is 7.89. The summed E-state index contributed by atoms with van der Waals surface area (Å²) in [5.74, 6) is -0.468. The molecular formula is C17H22N2O4S2. The smallest absolute Gasteiger partial charge is 0.338 e. The molecule has 0 aliphatic rings. The Kier molecular flexibility index (Phi) is 6.71. The Morgan fingerprint density at radius 1 is 1.24 bits per heavy atom. The minimum atomic E-state index is -3.66. The molecule has 0 aliphatic heterocycles. The van der Waals surface area contributed by atoms with Gasteiger partial charge in [0.15, 0.2) is 0 Å². The molecule has 1 N–H and O–H groups in total. The lowest BCUT2D eigenvalue weighted by molar-refractivity contribution is 0.0526. The third-order valence-corrected chi connectivity index (χ3v) is 5.83. The fourth-order valence-corrected chi connectivity index (χ4v) is 4.07. The monoisotopic (exact) mass is 382 g/mol. The van der Waals surface area contributed by atoms with E-state index in [-0.39, 0.29) is 24.1 Å². The van der Waals surface area contributed by atoms with Gasteiger partial charge < -0.3 is 9.64 Å². The van der Waals surface area contributed by atoms with Gasteiger partial charge in [-0.25, -0.2) is 17.9 Å². The van der Waals surface area contributed by atoms with Gasteiger partial charge in [0, 0.05) is 12.6 Å². The molecule has 0 amide bonds. The van der Waals surface area contributed by atoms with E-state index >= 15 is 0 Å². The maximum absolute atomic E-state index is 12.5. The van der Waals surface area contributed by atoms with Crippen LogP contribution in [0.1, 0.15) is 28.9 Å². The van der Waals surface area contributed by atoms with E-state index in [1.807, 2.05) is 35.8 Å². The molecule has 0 radical (unpaired) electrons. The van der Waals surface area contributed by atoms with Gasteiger partial charge in [-0.15, -0.1) is 0 Å². The highest BCUT2D eigenvalue weighted by Gasteiger charge is 2.20. The molecule has 0 aliphatic carbocycles. The maximum Gasteiger partial charge on any atom is 0.338 e. The van der Waals surface area contributed by atoms with Gasteiger partial charge in [0.2, 0.25) is 10.0 Å². The summed E-state index contributed by atoms with van der Waals surface area (Å²) >= 11 is 1.58. The molecule has 2 rings (SSSR count). The van der Waals surface area contributed by atoms with Crippen molar-refractivity contribution in [2.24, 2.45) is 0 Å². The number of sulfonamides is 1. The Labute approximate surface area is 152 Å². The van der Waals surface area contributed by atoms with E-state index in [0.717, 1.165) is 5.56 Å². The zero-order valence-electron chi connectivity index (χ0n) is 14.4. The summed E-state index contributed by atoms with van der Waals surface area (Å²) in [6.45, 7) is 2.25. The molecule has 136 valence electrons. The molecule has 1 atom stereocenters. The largest absolute Gasteiger partial charge is 0.462 e. The zero-order valence-corrected chi connectivity index (χ0v) is 16.1. The second-order valence-electron chi connectivity index (χ2n) is 5.63. The van der Waals surface area contributed by atoms with Gasteiger partial charge in [-0.05, 0) is 67.7 Å². The Bertz CT molecular complexity index is 785. The lowest BCUT2D eigenvalue weighted by atomic mass is 10.1. The Morgan fingerprint density at radius 3 is 2.44 bits per heavy atom. The number of carbonyl (C=O) groups is 1. The molecule has 0 bridgehead atoms. The first-order valence-electron chi connectivity index (χ1n) is 7.80. The summed E-state index contributed by atoms with van der Waals surface area (Å²) < 4.78 is 32.5. The topological polar surface area (TPSA) is 75.7 Å². The molecule has 25 heavy (non-hydrogen) atoms. The van der Waals surface area contributed by atoms with Crippen LogP contribution in [0.2, 0.25) is 0 Å². The zero-order chi connectivity index (χ0) is 18.4. The first kappa shape index (κ1) is 19.6. The predicted molar refractivity (Wildman–Crippen MR) is 98.3 cm³/mol. The van der Waals surface area contributed by atoms with E-state index in [1.54, 1.807) is 18.3 Å². The first-order valence-corrected chi connectivity index (χ1v) is 10.2. The number of ether oxygens (including phenoxy) is 1. The van der Waals surface area contributed by atoms with Crippen molar-refractivity contribution in [3.05, 3.63) is 52.2 Å². The number of hydrogen-bond acceptors (Lipinski definition) is 6. The van der Waals surface area contributed by atoms with E-state index in [1.165, 1.54) is 24.3 Å². The molecule has 1 unspecified atom stereocenters. The lowest BCUT2D eigenvalue weighted by Gasteiger charge is -2.24. The normalized spacial score (nSPS) is 13.0. The van der Waals surface area contributed by atoms with Crippen LogP contribution < -0.4 is 4.72 Å². The van der Waals surface area contributed by atoms with Gasteiger partial charge in [-0.1, -0.05) is 0 Å². The quantitative estimate of drug-likeness (QED) is 0.710. The number of hydrogen-bond donors (Lipinski definition) is 1. The summed E-state index contributed by atoms with van der Waals surface area (Å²) in [4.78, 5) is 13.7. The van der Waals surface area contributed by atoms with Gasteiger partial charge >= 0.3 is 5.97 Å². The number of esters is 1. The summed E-state index contributed by atoms with van der Waals surface area (Å²) in [5.41, 5.74) is 1.39. The van der Waals surface area contributed by atoms with Crippen molar-refractivity contribution >= 4 is 27.3 Å². The minimum absolute atomic E-state index is 0.0557. The third kappa shape index (κ3) is 5.12. The highest BCUT2D eigenvalue weighted by Crippen LogP contribution is 2.21. The van der Waals surface area contributed by atoms with Gasteiger partial charge in [0.1, 0.15) is 0 Å². The number of likely N-dealkylation sites (N-methyl/N-ethyl adjacent to an activating group) is 1. The maximum atomic E-state index is 12.5. The Hall–Kier alpha value is -1.74. The number of rotatable bonds is 8. The minimum Gasteiger partial charge on any atom is -0.462 e. The van der Waals surface area contributed by atoms with E-state index in [2.05, 4.69) is 4.72 Å².